The first-order valence-corrected chi connectivity index (χ1v) is 12.5. The zero-order valence-corrected chi connectivity index (χ0v) is 20.2. The number of amides is 1. The van der Waals surface area contributed by atoms with Gasteiger partial charge in [-0.1, -0.05) is 47.5 Å². The Labute approximate surface area is 203 Å². The monoisotopic (exact) mass is 504 g/mol. The molecule has 1 aliphatic rings. The van der Waals surface area contributed by atoms with E-state index in [-0.39, 0.29) is 29.6 Å². The first-order chi connectivity index (χ1) is 15.7. The topological polar surface area (TPSA) is 66.9 Å². The number of hydrogen-bond donors (Lipinski definition) is 0. The normalized spacial score (nSPS) is 14.8. The highest BCUT2D eigenvalue weighted by Gasteiger charge is 2.32. The van der Waals surface area contributed by atoms with Crippen LogP contribution in [0.4, 0.5) is 0 Å². The van der Waals surface area contributed by atoms with Gasteiger partial charge in [0.05, 0.1) is 0 Å². The molecule has 0 radical (unpaired) electrons. The summed E-state index contributed by atoms with van der Waals surface area (Å²) in [6.07, 6.45) is 0. The van der Waals surface area contributed by atoms with Gasteiger partial charge in [-0.2, -0.15) is 4.31 Å². The van der Waals surface area contributed by atoms with Crippen molar-refractivity contribution in [3.05, 3.63) is 87.9 Å². The van der Waals surface area contributed by atoms with Crippen LogP contribution < -0.4 is 4.74 Å². The average molecular weight is 505 g/mol. The lowest BCUT2D eigenvalue weighted by molar-refractivity contribution is 0.0698. The molecule has 0 spiro atoms. The summed E-state index contributed by atoms with van der Waals surface area (Å²) in [5.41, 5.74) is 1.37. The van der Waals surface area contributed by atoms with Crippen molar-refractivity contribution >= 4 is 39.1 Å². The van der Waals surface area contributed by atoms with Gasteiger partial charge in [-0.05, 0) is 55.0 Å². The summed E-state index contributed by atoms with van der Waals surface area (Å²) in [7, 11) is -3.86. The second kappa shape index (κ2) is 9.73. The average Bonchev–Trinajstić information content (AvgIpc) is 2.80. The minimum Gasteiger partial charge on any atom is -0.456 e. The van der Waals surface area contributed by atoms with Gasteiger partial charge in [-0.3, -0.25) is 4.79 Å². The molecule has 4 rings (SSSR count). The Bertz CT molecular complexity index is 1250. The quantitative estimate of drug-likeness (QED) is 0.476. The number of halogens is 2. The number of nitrogens with zero attached hydrogens (tertiary/aromatic N) is 2. The summed E-state index contributed by atoms with van der Waals surface area (Å²) < 4.78 is 34.3. The van der Waals surface area contributed by atoms with Gasteiger partial charge in [0, 0.05) is 41.8 Å². The fraction of sp³-hybridized carbons (Fsp3) is 0.208. The summed E-state index contributed by atoms with van der Waals surface area (Å²) in [5.74, 6) is 0.415. The lowest BCUT2D eigenvalue weighted by atomic mass is 10.2. The van der Waals surface area contributed by atoms with E-state index in [1.54, 1.807) is 65.6 Å². The number of sulfonamides is 1. The van der Waals surface area contributed by atoms with Crippen molar-refractivity contribution < 1.29 is 17.9 Å². The van der Waals surface area contributed by atoms with E-state index in [0.29, 0.717) is 34.4 Å². The molecule has 0 aromatic heterocycles. The standard InChI is InChI=1S/C24H22Cl2N2O4S/c1-17-7-8-22(32-21-15-19(25)14-20(26)16-21)23(13-17)33(30,31)28-11-9-27(10-12-28)24(29)18-5-3-2-4-6-18/h2-8,13-16H,9-12H2,1H3. The number of carbonyl (C=O) groups excluding carboxylic acids is 1. The number of aryl methyl sites for hydroxylation is 1. The van der Waals surface area contributed by atoms with Gasteiger partial charge >= 0.3 is 0 Å². The molecular formula is C24H22Cl2N2O4S. The SMILES string of the molecule is Cc1ccc(Oc2cc(Cl)cc(Cl)c2)c(S(=O)(=O)N2CCN(C(=O)c3ccccc3)CC2)c1. The van der Waals surface area contributed by atoms with Crippen molar-refractivity contribution in [2.45, 2.75) is 11.8 Å². The Morgan fingerprint density at radius 2 is 1.52 bits per heavy atom. The van der Waals surface area contributed by atoms with Gasteiger partial charge in [0.1, 0.15) is 16.4 Å². The molecule has 0 aliphatic carbocycles. The van der Waals surface area contributed by atoms with E-state index >= 15 is 0 Å². The second-order valence-electron chi connectivity index (χ2n) is 7.72. The van der Waals surface area contributed by atoms with Gasteiger partial charge in [0.25, 0.3) is 5.91 Å². The van der Waals surface area contributed by atoms with Gasteiger partial charge in [0.2, 0.25) is 10.0 Å². The first-order valence-electron chi connectivity index (χ1n) is 10.3. The Morgan fingerprint density at radius 3 is 2.15 bits per heavy atom. The van der Waals surface area contributed by atoms with E-state index in [4.69, 9.17) is 27.9 Å². The Hall–Kier alpha value is -2.58. The molecule has 9 heteroatoms. The predicted molar refractivity (Wildman–Crippen MR) is 129 cm³/mol. The molecule has 0 saturated carbocycles. The third kappa shape index (κ3) is 5.33. The van der Waals surface area contributed by atoms with Crippen LogP contribution in [0.25, 0.3) is 0 Å². The predicted octanol–water partition coefficient (Wildman–Crippen LogP) is 5.24. The minimum absolute atomic E-state index is 0.0569. The molecule has 0 atom stereocenters. The minimum atomic E-state index is -3.86. The van der Waals surface area contributed by atoms with Crippen LogP contribution in [-0.4, -0.2) is 49.7 Å². The number of piperazine rings is 1. The Kier molecular flexibility index (Phi) is 6.95. The van der Waals surface area contributed by atoms with Crippen LogP contribution in [-0.2, 0) is 10.0 Å². The van der Waals surface area contributed by atoms with Gasteiger partial charge in [-0.15, -0.1) is 0 Å². The number of carbonyl (C=O) groups is 1. The Balaban J connectivity index is 1.55. The van der Waals surface area contributed by atoms with Gasteiger partial charge in [-0.25, -0.2) is 8.42 Å². The lowest BCUT2D eigenvalue weighted by Crippen LogP contribution is -2.50. The smallest absolute Gasteiger partial charge is 0.253 e. The van der Waals surface area contributed by atoms with Crippen LogP contribution in [0, 0.1) is 6.92 Å². The summed E-state index contributed by atoms with van der Waals surface area (Å²) in [6.45, 7) is 2.81. The molecule has 172 valence electrons. The molecule has 1 aliphatic heterocycles. The summed E-state index contributed by atoms with van der Waals surface area (Å²) in [6, 6.07) is 18.6. The fourth-order valence-electron chi connectivity index (χ4n) is 3.65. The van der Waals surface area contributed by atoms with Crippen LogP contribution in [0.5, 0.6) is 11.5 Å². The molecule has 0 N–H and O–H groups in total. The van der Waals surface area contributed by atoms with E-state index in [0.717, 1.165) is 5.56 Å². The maximum Gasteiger partial charge on any atom is 0.253 e. The highest BCUT2D eigenvalue weighted by Crippen LogP contribution is 2.34. The zero-order valence-electron chi connectivity index (χ0n) is 17.9. The number of hydrogen-bond acceptors (Lipinski definition) is 4. The van der Waals surface area contributed by atoms with E-state index in [9.17, 15) is 13.2 Å². The van der Waals surface area contributed by atoms with Crippen molar-refractivity contribution in [3.8, 4) is 11.5 Å². The van der Waals surface area contributed by atoms with Crippen molar-refractivity contribution in [2.24, 2.45) is 0 Å². The van der Waals surface area contributed by atoms with E-state index < -0.39 is 10.0 Å². The molecular weight excluding hydrogens is 483 g/mol. The van der Waals surface area contributed by atoms with E-state index in [2.05, 4.69) is 0 Å². The molecule has 3 aromatic rings. The summed E-state index contributed by atoms with van der Waals surface area (Å²) in [5, 5.41) is 0.765. The molecule has 33 heavy (non-hydrogen) atoms. The molecule has 1 saturated heterocycles. The third-order valence-corrected chi connectivity index (χ3v) is 7.68. The largest absolute Gasteiger partial charge is 0.456 e. The van der Waals surface area contributed by atoms with Crippen molar-refractivity contribution in [1.29, 1.82) is 0 Å². The highest BCUT2D eigenvalue weighted by molar-refractivity contribution is 7.89. The van der Waals surface area contributed by atoms with Crippen molar-refractivity contribution in [3.63, 3.8) is 0 Å². The Morgan fingerprint density at radius 1 is 0.879 bits per heavy atom. The molecule has 3 aromatic carbocycles. The molecule has 1 heterocycles. The maximum atomic E-state index is 13.5. The van der Waals surface area contributed by atoms with Gasteiger partial charge < -0.3 is 9.64 Å². The maximum absolute atomic E-state index is 13.5. The van der Waals surface area contributed by atoms with Crippen LogP contribution >= 0.6 is 23.2 Å². The van der Waals surface area contributed by atoms with Crippen LogP contribution in [0.15, 0.2) is 71.6 Å². The van der Waals surface area contributed by atoms with Crippen LogP contribution in [0.2, 0.25) is 10.0 Å². The molecule has 0 bridgehead atoms. The molecule has 1 amide bonds. The summed E-state index contributed by atoms with van der Waals surface area (Å²) >= 11 is 12.1. The third-order valence-electron chi connectivity index (χ3n) is 5.33. The van der Waals surface area contributed by atoms with Crippen molar-refractivity contribution in [2.75, 3.05) is 26.2 Å². The van der Waals surface area contributed by atoms with Crippen LogP contribution in [0.1, 0.15) is 15.9 Å². The van der Waals surface area contributed by atoms with E-state index in [1.807, 2.05) is 13.0 Å². The zero-order chi connectivity index (χ0) is 23.6. The first kappa shape index (κ1) is 23.6. The highest BCUT2D eigenvalue weighted by atomic mass is 35.5. The van der Waals surface area contributed by atoms with Gasteiger partial charge in [0.15, 0.2) is 0 Å². The molecule has 6 nitrogen and oxygen atoms in total. The van der Waals surface area contributed by atoms with Crippen LogP contribution in [0.3, 0.4) is 0 Å². The fourth-order valence-corrected chi connectivity index (χ4v) is 5.78. The summed E-state index contributed by atoms with van der Waals surface area (Å²) in [4.78, 5) is 14.4. The van der Waals surface area contributed by atoms with E-state index in [1.165, 1.54) is 4.31 Å². The number of rotatable bonds is 5. The second-order valence-corrected chi connectivity index (χ2v) is 10.5. The number of benzene rings is 3. The van der Waals surface area contributed by atoms with Crippen molar-refractivity contribution in [1.82, 2.24) is 9.21 Å². The lowest BCUT2D eigenvalue weighted by Gasteiger charge is -2.34. The molecule has 0 unspecified atom stereocenters. The number of ether oxygens (including phenoxy) is 1. The molecule has 1 fully saturated rings.